The van der Waals surface area contributed by atoms with Gasteiger partial charge in [-0.2, -0.15) is 0 Å². The molecular formula is C17H24N2O3. The SMILES string of the molecule is CCN(CC)c1ccc(N2C[C@H](C(=O)OC)CC2=O)c(C)c1. The smallest absolute Gasteiger partial charge is 0.311 e. The summed E-state index contributed by atoms with van der Waals surface area (Å²) in [5, 5.41) is 0. The molecule has 120 valence electrons. The van der Waals surface area contributed by atoms with Crippen LogP contribution in [0.3, 0.4) is 0 Å². The Balaban J connectivity index is 2.23. The number of anilines is 2. The summed E-state index contributed by atoms with van der Waals surface area (Å²) < 4.78 is 4.75. The van der Waals surface area contributed by atoms with Crippen LogP contribution in [-0.2, 0) is 14.3 Å². The summed E-state index contributed by atoms with van der Waals surface area (Å²) in [4.78, 5) is 27.8. The molecular weight excluding hydrogens is 280 g/mol. The van der Waals surface area contributed by atoms with E-state index >= 15 is 0 Å². The zero-order chi connectivity index (χ0) is 16.3. The van der Waals surface area contributed by atoms with Crippen LogP contribution >= 0.6 is 0 Å². The molecule has 0 saturated carbocycles. The molecule has 0 spiro atoms. The first-order valence-corrected chi connectivity index (χ1v) is 7.75. The number of carbonyl (C=O) groups excluding carboxylic acids is 2. The maximum Gasteiger partial charge on any atom is 0.311 e. The van der Waals surface area contributed by atoms with Crippen LogP contribution in [-0.4, -0.2) is 38.6 Å². The Morgan fingerprint density at radius 1 is 1.36 bits per heavy atom. The Morgan fingerprint density at radius 2 is 2.05 bits per heavy atom. The van der Waals surface area contributed by atoms with Crippen LogP contribution in [0, 0.1) is 12.8 Å². The fourth-order valence-corrected chi connectivity index (χ4v) is 2.99. The van der Waals surface area contributed by atoms with Gasteiger partial charge in [0, 0.05) is 37.4 Å². The molecule has 0 aromatic heterocycles. The first kappa shape index (κ1) is 16.3. The topological polar surface area (TPSA) is 49.9 Å². The van der Waals surface area contributed by atoms with Crippen LogP contribution in [0.5, 0.6) is 0 Å². The highest BCUT2D eigenvalue weighted by Gasteiger charge is 2.36. The minimum Gasteiger partial charge on any atom is -0.469 e. The molecule has 0 radical (unpaired) electrons. The zero-order valence-corrected chi connectivity index (χ0v) is 13.8. The molecule has 0 bridgehead atoms. The number of nitrogens with zero attached hydrogens (tertiary/aromatic N) is 2. The third-order valence-corrected chi connectivity index (χ3v) is 4.26. The standard InChI is InChI=1S/C17H24N2O3/c1-5-18(6-2)14-7-8-15(12(3)9-14)19-11-13(10-16(19)20)17(21)22-4/h7-9,13H,5-6,10-11H2,1-4H3/t13-/m1/s1. The zero-order valence-electron chi connectivity index (χ0n) is 13.8. The predicted octanol–water partition coefficient (Wildman–Crippen LogP) is 2.37. The molecule has 1 saturated heterocycles. The summed E-state index contributed by atoms with van der Waals surface area (Å²) in [6.07, 6.45) is 0.226. The van der Waals surface area contributed by atoms with Crippen molar-refractivity contribution in [2.24, 2.45) is 5.92 Å². The summed E-state index contributed by atoms with van der Waals surface area (Å²) in [5.41, 5.74) is 3.08. The second-order valence-electron chi connectivity index (χ2n) is 5.57. The van der Waals surface area contributed by atoms with Crippen molar-refractivity contribution >= 4 is 23.3 Å². The average Bonchev–Trinajstić information content (AvgIpc) is 2.89. The van der Waals surface area contributed by atoms with E-state index in [1.165, 1.54) is 7.11 Å². The average molecular weight is 304 g/mol. The Labute approximate surface area is 131 Å². The van der Waals surface area contributed by atoms with Crippen LogP contribution < -0.4 is 9.80 Å². The molecule has 1 aliphatic rings. The molecule has 22 heavy (non-hydrogen) atoms. The Kier molecular flexibility index (Phi) is 5.06. The Hall–Kier alpha value is -2.04. The van der Waals surface area contributed by atoms with Crippen molar-refractivity contribution in [3.05, 3.63) is 23.8 Å². The second kappa shape index (κ2) is 6.81. The highest BCUT2D eigenvalue weighted by atomic mass is 16.5. The maximum atomic E-state index is 12.2. The van der Waals surface area contributed by atoms with E-state index in [4.69, 9.17) is 4.74 Å². The van der Waals surface area contributed by atoms with Gasteiger partial charge in [0.1, 0.15) is 0 Å². The number of aryl methyl sites for hydroxylation is 1. The van der Waals surface area contributed by atoms with E-state index in [1.54, 1.807) is 4.90 Å². The lowest BCUT2D eigenvalue weighted by atomic mass is 10.1. The van der Waals surface area contributed by atoms with Crippen LogP contribution in [0.1, 0.15) is 25.8 Å². The monoisotopic (exact) mass is 304 g/mol. The number of amides is 1. The second-order valence-corrected chi connectivity index (χ2v) is 5.57. The Bertz CT molecular complexity index is 567. The molecule has 1 aromatic carbocycles. The van der Waals surface area contributed by atoms with E-state index in [2.05, 4.69) is 24.8 Å². The van der Waals surface area contributed by atoms with E-state index in [-0.39, 0.29) is 24.2 Å². The van der Waals surface area contributed by atoms with E-state index in [1.807, 2.05) is 19.1 Å². The molecule has 2 rings (SSSR count). The van der Waals surface area contributed by atoms with Crippen molar-refractivity contribution < 1.29 is 14.3 Å². The molecule has 1 fully saturated rings. The minimum atomic E-state index is -0.362. The normalized spacial score (nSPS) is 17.7. The molecule has 5 nitrogen and oxygen atoms in total. The fourth-order valence-electron chi connectivity index (χ4n) is 2.99. The molecule has 1 aliphatic heterocycles. The summed E-state index contributed by atoms with van der Waals surface area (Å²) in [6.45, 7) is 8.54. The van der Waals surface area contributed by atoms with E-state index in [0.717, 1.165) is 30.0 Å². The maximum absolute atomic E-state index is 12.2. The molecule has 1 heterocycles. The highest BCUT2D eigenvalue weighted by molar-refractivity contribution is 6.00. The van der Waals surface area contributed by atoms with Gasteiger partial charge >= 0.3 is 5.97 Å². The number of carbonyl (C=O) groups is 2. The lowest BCUT2D eigenvalue weighted by molar-refractivity contribution is -0.145. The molecule has 0 unspecified atom stereocenters. The van der Waals surface area contributed by atoms with Gasteiger partial charge in [0.05, 0.1) is 13.0 Å². The third-order valence-electron chi connectivity index (χ3n) is 4.26. The molecule has 1 aromatic rings. The fraction of sp³-hybridized carbons (Fsp3) is 0.529. The third kappa shape index (κ3) is 3.08. The van der Waals surface area contributed by atoms with E-state index in [9.17, 15) is 9.59 Å². The summed E-state index contributed by atoms with van der Waals surface area (Å²) in [6, 6.07) is 6.11. The van der Waals surface area contributed by atoms with Gasteiger partial charge < -0.3 is 14.5 Å². The van der Waals surface area contributed by atoms with Crippen molar-refractivity contribution in [1.82, 2.24) is 0 Å². The van der Waals surface area contributed by atoms with Crippen LogP contribution in [0.2, 0.25) is 0 Å². The van der Waals surface area contributed by atoms with Gasteiger partial charge in [0.25, 0.3) is 0 Å². The number of hydrogen-bond acceptors (Lipinski definition) is 4. The van der Waals surface area contributed by atoms with Gasteiger partial charge in [-0.3, -0.25) is 9.59 Å². The van der Waals surface area contributed by atoms with Crippen molar-refractivity contribution in [3.8, 4) is 0 Å². The number of hydrogen-bond donors (Lipinski definition) is 0. The van der Waals surface area contributed by atoms with Gasteiger partial charge in [-0.05, 0) is 44.5 Å². The van der Waals surface area contributed by atoms with E-state index in [0.29, 0.717) is 6.54 Å². The number of esters is 1. The summed E-state index contributed by atoms with van der Waals surface area (Å²) in [5.74, 6) is -0.693. The van der Waals surface area contributed by atoms with Gasteiger partial charge in [-0.1, -0.05) is 0 Å². The minimum absolute atomic E-state index is 0.0194. The molecule has 0 aliphatic carbocycles. The Morgan fingerprint density at radius 3 is 2.59 bits per heavy atom. The quantitative estimate of drug-likeness (QED) is 0.784. The first-order chi connectivity index (χ1) is 10.5. The lowest BCUT2D eigenvalue weighted by Gasteiger charge is -2.24. The molecule has 5 heteroatoms. The van der Waals surface area contributed by atoms with Crippen molar-refractivity contribution in [2.75, 3.05) is 36.5 Å². The van der Waals surface area contributed by atoms with Crippen molar-refractivity contribution in [3.63, 3.8) is 0 Å². The summed E-state index contributed by atoms with van der Waals surface area (Å²) >= 11 is 0. The first-order valence-electron chi connectivity index (χ1n) is 7.75. The van der Waals surface area contributed by atoms with Crippen molar-refractivity contribution in [1.29, 1.82) is 0 Å². The van der Waals surface area contributed by atoms with Crippen LogP contribution in [0.4, 0.5) is 11.4 Å². The number of benzene rings is 1. The van der Waals surface area contributed by atoms with Gasteiger partial charge in [-0.25, -0.2) is 0 Å². The van der Waals surface area contributed by atoms with Gasteiger partial charge in [-0.15, -0.1) is 0 Å². The number of rotatable bonds is 5. The van der Waals surface area contributed by atoms with Crippen molar-refractivity contribution in [2.45, 2.75) is 27.2 Å². The largest absolute Gasteiger partial charge is 0.469 e. The van der Waals surface area contributed by atoms with Gasteiger partial charge in [0.15, 0.2) is 0 Å². The lowest BCUT2D eigenvalue weighted by Crippen LogP contribution is -2.27. The number of methoxy groups -OCH3 is 1. The van der Waals surface area contributed by atoms with Crippen LogP contribution in [0.15, 0.2) is 18.2 Å². The number of ether oxygens (including phenoxy) is 1. The molecule has 0 N–H and O–H groups in total. The van der Waals surface area contributed by atoms with E-state index < -0.39 is 0 Å². The highest BCUT2D eigenvalue weighted by Crippen LogP contribution is 2.31. The molecule has 1 atom stereocenters. The van der Waals surface area contributed by atoms with Crippen LogP contribution in [0.25, 0.3) is 0 Å². The predicted molar refractivity (Wildman–Crippen MR) is 87.2 cm³/mol. The summed E-state index contributed by atoms with van der Waals surface area (Å²) in [7, 11) is 1.36. The van der Waals surface area contributed by atoms with Gasteiger partial charge in [0.2, 0.25) is 5.91 Å². The molecule has 1 amide bonds.